The van der Waals surface area contributed by atoms with Crippen molar-refractivity contribution in [3.05, 3.63) is 42.9 Å². The first-order chi connectivity index (χ1) is 8.43. The van der Waals surface area contributed by atoms with Gasteiger partial charge in [0.1, 0.15) is 5.69 Å². The van der Waals surface area contributed by atoms with Crippen molar-refractivity contribution < 1.29 is 0 Å². The first kappa shape index (κ1) is 11.3. The van der Waals surface area contributed by atoms with E-state index in [1.807, 2.05) is 38.1 Å². The maximum Gasteiger partial charge on any atom is 0.158 e. The Balaban J connectivity index is 0.000000514. The second kappa shape index (κ2) is 5.21. The van der Waals surface area contributed by atoms with E-state index < -0.39 is 0 Å². The molecule has 2 aromatic heterocycles. The molecule has 0 bridgehead atoms. The highest BCUT2D eigenvalue weighted by molar-refractivity contribution is 5.78. The number of hydrogen-bond acceptors (Lipinski definition) is 3. The molecule has 1 aromatic carbocycles. The van der Waals surface area contributed by atoms with Crippen molar-refractivity contribution in [3.8, 4) is 11.5 Å². The van der Waals surface area contributed by atoms with Crippen LogP contribution in [0.1, 0.15) is 13.8 Å². The van der Waals surface area contributed by atoms with Crippen molar-refractivity contribution in [2.75, 3.05) is 0 Å². The minimum absolute atomic E-state index is 0.754. The molecule has 4 heteroatoms. The highest BCUT2D eigenvalue weighted by Gasteiger charge is 2.04. The van der Waals surface area contributed by atoms with Crippen LogP contribution in [0.2, 0.25) is 0 Å². The van der Waals surface area contributed by atoms with Gasteiger partial charge in [-0.3, -0.25) is 4.98 Å². The molecule has 0 atom stereocenters. The summed E-state index contributed by atoms with van der Waals surface area (Å²) in [5.41, 5.74) is 2.71. The molecule has 1 N–H and O–H groups in total. The number of hydrogen-bond donors (Lipinski definition) is 1. The van der Waals surface area contributed by atoms with E-state index in [9.17, 15) is 0 Å². The lowest BCUT2D eigenvalue weighted by atomic mass is 10.3. The van der Waals surface area contributed by atoms with E-state index in [2.05, 4.69) is 19.9 Å². The van der Waals surface area contributed by atoms with Crippen LogP contribution in [-0.2, 0) is 0 Å². The van der Waals surface area contributed by atoms with Crippen LogP contribution in [0, 0.1) is 0 Å². The van der Waals surface area contributed by atoms with Crippen LogP contribution in [0.5, 0.6) is 0 Å². The van der Waals surface area contributed by atoms with Crippen molar-refractivity contribution in [2.24, 2.45) is 0 Å². The molecule has 86 valence electrons. The summed E-state index contributed by atoms with van der Waals surface area (Å²) in [6.07, 6.45) is 4.99. The average molecular weight is 226 g/mol. The van der Waals surface area contributed by atoms with Gasteiger partial charge >= 0.3 is 0 Å². The monoisotopic (exact) mass is 226 g/mol. The maximum atomic E-state index is 4.42. The van der Waals surface area contributed by atoms with Gasteiger partial charge in [0.25, 0.3) is 0 Å². The van der Waals surface area contributed by atoms with E-state index in [0.717, 1.165) is 22.6 Å². The Morgan fingerprint density at radius 3 is 2.59 bits per heavy atom. The molecule has 2 heterocycles. The number of rotatable bonds is 1. The van der Waals surface area contributed by atoms with Crippen LogP contribution < -0.4 is 0 Å². The first-order valence-electron chi connectivity index (χ1n) is 5.64. The Bertz CT molecular complexity index is 553. The molecule has 4 nitrogen and oxygen atoms in total. The highest BCUT2D eigenvalue weighted by Crippen LogP contribution is 2.16. The minimum Gasteiger partial charge on any atom is -0.337 e. The Hall–Kier alpha value is -2.23. The summed E-state index contributed by atoms with van der Waals surface area (Å²) in [6.45, 7) is 4.00. The van der Waals surface area contributed by atoms with Crippen LogP contribution in [0.15, 0.2) is 42.9 Å². The van der Waals surface area contributed by atoms with E-state index in [0.29, 0.717) is 0 Å². The Kier molecular flexibility index (Phi) is 3.45. The van der Waals surface area contributed by atoms with Crippen molar-refractivity contribution in [3.63, 3.8) is 0 Å². The fourth-order valence-corrected chi connectivity index (χ4v) is 1.50. The SMILES string of the molecule is CC.c1ccc2[nH]c(-c3cnccn3)nc2c1. The van der Waals surface area contributed by atoms with E-state index >= 15 is 0 Å². The molecular weight excluding hydrogens is 212 g/mol. The molecular formula is C13H14N4. The highest BCUT2D eigenvalue weighted by atomic mass is 15.0. The van der Waals surface area contributed by atoms with E-state index in [4.69, 9.17) is 0 Å². The smallest absolute Gasteiger partial charge is 0.158 e. The quantitative estimate of drug-likeness (QED) is 0.693. The third-order valence-electron chi connectivity index (χ3n) is 2.20. The predicted molar refractivity (Wildman–Crippen MR) is 68.5 cm³/mol. The molecule has 17 heavy (non-hydrogen) atoms. The zero-order valence-electron chi connectivity index (χ0n) is 9.88. The maximum absolute atomic E-state index is 4.42. The largest absolute Gasteiger partial charge is 0.337 e. The van der Waals surface area contributed by atoms with Gasteiger partial charge in [-0.1, -0.05) is 26.0 Å². The summed E-state index contributed by atoms with van der Waals surface area (Å²) in [4.78, 5) is 15.8. The topological polar surface area (TPSA) is 54.5 Å². The van der Waals surface area contributed by atoms with Gasteiger partial charge in [0.2, 0.25) is 0 Å². The lowest BCUT2D eigenvalue weighted by Gasteiger charge is -1.91. The van der Waals surface area contributed by atoms with Gasteiger partial charge in [-0.25, -0.2) is 9.97 Å². The zero-order valence-corrected chi connectivity index (χ0v) is 9.88. The molecule has 0 fully saturated rings. The number of benzene rings is 1. The summed E-state index contributed by atoms with van der Waals surface area (Å²) < 4.78 is 0. The molecule has 0 saturated carbocycles. The van der Waals surface area contributed by atoms with Gasteiger partial charge in [0, 0.05) is 12.4 Å². The van der Waals surface area contributed by atoms with Crippen molar-refractivity contribution in [1.29, 1.82) is 0 Å². The average Bonchev–Trinajstić information content (AvgIpc) is 2.86. The van der Waals surface area contributed by atoms with E-state index in [-0.39, 0.29) is 0 Å². The lowest BCUT2D eigenvalue weighted by molar-refractivity contribution is 1.17. The van der Waals surface area contributed by atoms with Crippen LogP contribution in [0.3, 0.4) is 0 Å². The van der Waals surface area contributed by atoms with Crippen LogP contribution >= 0.6 is 0 Å². The molecule has 3 aromatic rings. The fraction of sp³-hybridized carbons (Fsp3) is 0.154. The van der Waals surface area contributed by atoms with Gasteiger partial charge in [-0.05, 0) is 12.1 Å². The van der Waals surface area contributed by atoms with Crippen LogP contribution in [-0.4, -0.2) is 19.9 Å². The minimum atomic E-state index is 0.754. The van der Waals surface area contributed by atoms with Gasteiger partial charge in [0.05, 0.1) is 17.2 Å². The lowest BCUT2D eigenvalue weighted by Crippen LogP contribution is -1.85. The predicted octanol–water partition coefficient (Wildman–Crippen LogP) is 3.05. The third-order valence-corrected chi connectivity index (χ3v) is 2.20. The standard InChI is InChI=1S/C11H8N4.C2H6/c1-2-4-9-8(3-1)14-11(15-9)10-7-12-5-6-13-10;1-2/h1-7H,(H,14,15);1-2H3. The molecule has 0 amide bonds. The van der Waals surface area contributed by atoms with Crippen molar-refractivity contribution in [1.82, 2.24) is 19.9 Å². The van der Waals surface area contributed by atoms with Gasteiger partial charge in [-0.15, -0.1) is 0 Å². The van der Waals surface area contributed by atoms with Gasteiger partial charge in [0.15, 0.2) is 5.82 Å². The summed E-state index contributed by atoms with van der Waals surface area (Å²) in [5, 5.41) is 0. The van der Waals surface area contributed by atoms with Gasteiger partial charge < -0.3 is 4.98 Å². The Morgan fingerprint density at radius 1 is 1.06 bits per heavy atom. The van der Waals surface area contributed by atoms with Crippen molar-refractivity contribution >= 4 is 11.0 Å². The van der Waals surface area contributed by atoms with Crippen LogP contribution in [0.25, 0.3) is 22.6 Å². The first-order valence-corrected chi connectivity index (χ1v) is 5.64. The normalized spacial score (nSPS) is 9.76. The molecule has 0 aliphatic rings. The molecule has 0 unspecified atom stereocenters. The second-order valence-electron chi connectivity index (χ2n) is 3.19. The summed E-state index contributed by atoms with van der Waals surface area (Å²) >= 11 is 0. The number of nitrogens with one attached hydrogen (secondary N) is 1. The fourth-order valence-electron chi connectivity index (χ4n) is 1.50. The second-order valence-corrected chi connectivity index (χ2v) is 3.19. The summed E-state index contributed by atoms with van der Waals surface area (Å²) in [6, 6.07) is 7.89. The molecule has 3 rings (SSSR count). The van der Waals surface area contributed by atoms with E-state index in [1.54, 1.807) is 18.6 Å². The number of aromatic amines is 1. The van der Waals surface area contributed by atoms with E-state index in [1.165, 1.54) is 0 Å². The zero-order chi connectivity index (χ0) is 12.1. The molecule has 0 spiro atoms. The molecule has 0 aliphatic heterocycles. The molecule has 0 saturated heterocycles. The van der Waals surface area contributed by atoms with Crippen molar-refractivity contribution in [2.45, 2.75) is 13.8 Å². The number of H-pyrrole nitrogens is 1. The molecule has 0 radical (unpaired) electrons. The number of imidazole rings is 1. The Labute approximate surface area is 99.8 Å². The number of aromatic nitrogens is 4. The van der Waals surface area contributed by atoms with Crippen LogP contribution in [0.4, 0.5) is 0 Å². The van der Waals surface area contributed by atoms with Gasteiger partial charge in [-0.2, -0.15) is 0 Å². The Morgan fingerprint density at radius 2 is 1.88 bits per heavy atom. The molecule has 0 aliphatic carbocycles. The number of para-hydroxylation sites is 2. The third kappa shape index (κ3) is 2.30. The number of fused-ring (bicyclic) bond motifs is 1. The number of nitrogens with zero attached hydrogens (tertiary/aromatic N) is 3. The summed E-state index contributed by atoms with van der Waals surface area (Å²) in [7, 11) is 0. The summed E-state index contributed by atoms with van der Waals surface area (Å²) in [5.74, 6) is 0.754.